The fraction of sp³-hybridized carbons (Fsp3) is 0.409. The van der Waals surface area contributed by atoms with E-state index in [1.54, 1.807) is 35.2 Å². The third-order valence-electron chi connectivity index (χ3n) is 4.99. The number of hydrogen-bond acceptors (Lipinski definition) is 2. The monoisotopic (exact) mass is 440 g/mol. The molecule has 0 radical (unpaired) electrons. The molecule has 2 amide bonds. The van der Waals surface area contributed by atoms with Crippen molar-refractivity contribution in [2.75, 3.05) is 19.6 Å². The SMILES string of the molecule is CCCCNC(=O)N1CC(OC(c2ccc(Cl)cc2)c2ccccc2C(F)(F)F)C1. The Labute approximate surface area is 179 Å². The number of nitrogens with zero attached hydrogens (tertiary/aromatic N) is 1. The normalized spacial score (nSPS) is 15.6. The minimum atomic E-state index is -4.50. The maximum atomic E-state index is 13.6. The lowest BCUT2D eigenvalue weighted by atomic mass is 9.95. The molecule has 8 heteroatoms. The van der Waals surface area contributed by atoms with E-state index in [1.807, 2.05) is 6.92 Å². The van der Waals surface area contributed by atoms with E-state index in [2.05, 4.69) is 5.32 Å². The number of nitrogens with one attached hydrogen (secondary N) is 1. The highest BCUT2D eigenvalue weighted by Crippen LogP contribution is 2.39. The lowest BCUT2D eigenvalue weighted by Crippen LogP contribution is -2.58. The molecule has 2 aromatic rings. The number of unbranched alkanes of at least 4 members (excludes halogenated alkanes) is 1. The first-order chi connectivity index (χ1) is 14.3. The van der Waals surface area contributed by atoms with Crippen molar-refractivity contribution >= 4 is 17.6 Å². The number of benzene rings is 2. The van der Waals surface area contributed by atoms with Crippen LogP contribution in [-0.4, -0.2) is 36.7 Å². The van der Waals surface area contributed by atoms with Gasteiger partial charge >= 0.3 is 12.2 Å². The number of rotatable bonds is 7. The summed E-state index contributed by atoms with van der Waals surface area (Å²) >= 11 is 5.94. The van der Waals surface area contributed by atoms with Crippen molar-refractivity contribution < 1.29 is 22.7 Å². The van der Waals surface area contributed by atoms with Gasteiger partial charge in [0.15, 0.2) is 0 Å². The summed E-state index contributed by atoms with van der Waals surface area (Å²) in [6.45, 7) is 3.30. The fourth-order valence-corrected chi connectivity index (χ4v) is 3.45. The Hall–Kier alpha value is -2.25. The molecule has 4 nitrogen and oxygen atoms in total. The quantitative estimate of drug-likeness (QED) is 0.564. The van der Waals surface area contributed by atoms with Gasteiger partial charge in [-0.1, -0.05) is 55.3 Å². The van der Waals surface area contributed by atoms with Gasteiger partial charge in [0.25, 0.3) is 0 Å². The van der Waals surface area contributed by atoms with Crippen LogP contribution in [0.15, 0.2) is 48.5 Å². The number of ether oxygens (including phenoxy) is 1. The fourth-order valence-electron chi connectivity index (χ4n) is 3.32. The lowest BCUT2D eigenvalue weighted by molar-refractivity contribution is -0.140. The lowest BCUT2D eigenvalue weighted by Gasteiger charge is -2.41. The van der Waals surface area contributed by atoms with Crippen molar-refractivity contribution in [3.8, 4) is 0 Å². The molecule has 1 aliphatic rings. The first-order valence-corrected chi connectivity index (χ1v) is 10.3. The van der Waals surface area contributed by atoms with Crippen molar-refractivity contribution in [1.82, 2.24) is 10.2 Å². The second-order valence-electron chi connectivity index (χ2n) is 7.27. The zero-order valence-corrected chi connectivity index (χ0v) is 17.3. The molecule has 1 unspecified atom stereocenters. The molecule has 1 atom stereocenters. The topological polar surface area (TPSA) is 41.6 Å². The van der Waals surface area contributed by atoms with E-state index in [4.69, 9.17) is 16.3 Å². The number of hydrogen-bond donors (Lipinski definition) is 1. The number of urea groups is 1. The minimum absolute atomic E-state index is 0.0400. The number of amides is 2. The summed E-state index contributed by atoms with van der Waals surface area (Å²) < 4.78 is 46.9. The van der Waals surface area contributed by atoms with Crippen LogP contribution in [0.25, 0.3) is 0 Å². The van der Waals surface area contributed by atoms with Gasteiger partial charge in [0, 0.05) is 11.6 Å². The maximum Gasteiger partial charge on any atom is 0.416 e. The van der Waals surface area contributed by atoms with Gasteiger partial charge < -0.3 is 15.0 Å². The molecule has 0 aromatic heterocycles. The maximum absolute atomic E-state index is 13.6. The third-order valence-corrected chi connectivity index (χ3v) is 5.24. The molecule has 1 heterocycles. The van der Waals surface area contributed by atoms with Gasteiger partial charge in [-0.25, -0.2) is 4.79 Å². The largest absolute Gasteiger partial charge is 0.416 e. The van der Waals surface area contributed by atoms with E-state index >= 15 is 0 Å². The van der Waals surface area contributed by atoms with E-state index in [1.165, 1.54) is 12.1 Å². The standard InChI is InChI=1S/C22H24ClF3N2O2/c1-2-3-12-27-21(29)28-13-17(14-28)30-20(15-8-10-16(23)11-9-15)18-6-4-5-7-19(18)22(24,25)26/h4-11,17,20H,2-3,12-14H2,1H3,(H,27,29). The average molecular weight is 441 g/mol. The second kappa shape index (κ2) is 9.71. The van der Waals surface area contributed by atoms with Gasteiger partial charge in [0.2, 0.25) is 0 Å². The molecule has 162 valence electrons. The molecule has 1 saturated heterocycles. The van der Waals surface area contributed by atoms with Gasteiger partial charge in [0.1, 0.15) is 6.10 Å². The molecular weight excluding hydrogens is 417 g/mol. The van der Waals surface area contributed by atoms with Crippen LogP contribution < -0.4 is 5.32 Å². The zero-order chi connectivity index (χ0) is 21.7. The molecule has 0 bridgehead atoms. The van der Waals surface area contributed by atoms with Gasteiger partial charge in [-0.3, -0.25) is 0 Å². The minimum Gasteiger partial charge on any atom is -0.362 e. The first-order valence-electron chi connectivity index (χ1n) is 9.89. The Morgan fingerprint density at radius 1 is 1.20 bits per heavy atom. The number of carbonyl (C=O) groups excluding carboxylic acids is 1. The van der Waals surface area contributed by atoms with Crippen LogP contribution in [0.5, 0.6) is 0 Å². The van der Waals surface area contributed by atoms with Crippen molar-refractivity contribution in [3.63, 3.8) is 0 Å². The molecule has 2 aromatic carbocycles. The number of likely N-dealkylation sites (tertiary alicyclic amines) is 1. The van der Waals surface area contributed by atoms with Crippen LogP contribution in [0, 0.1) is 0 Å². The Balaban J connectivity index is 1.77. The summed E-state index contributed by atoms with van der Waals surface area (Å²) in [6, 6.07) is 11.8. The van der Waals surface area contributed by atoms with E-state index in [9.17, 15) is 18.0 Å². The van der Waals surface area contributed by atoms with Gasteiger partial charge in [-0.2, -0.15) is 13.2 Å². The molecule has 0 saturated carbocycles. The Kier molecular flexibility index (Phi) is 7.26. The predicted molar refractivity (Wildman–Crippen MR) is 109 cm³/mol. The molecule has 0 spiro atoms. The van der Waals surface area contributed by atoms with Crippen LogP contribution in [0.1, 0.15) is 42.6 Å². The van der Waals surface area contributed by atoms with Gasteiger partial charge in [-0.05, 0) is 35.7 Å². The molecular formula is C22H24ClF3N2O2. The third kappa shape index (κ3) is 5.46. The Morgan fingerprint density at radius 2 is 1.87 bits per heavy atom. The summed E-state index contributed by atoms with van der Waals surface area (Å²) in [7, 11) is 0. The molecule has 1 fully saturated rings. The summed E-state index contributed by atoms with van der Waals surface area (Å²) in [4.78, 5) is 13.7. The van der Waals surface area contributed by atoms with Crippen molar-refractivity contribution in [3.05, 3.63) is 70.2 Å². The Morgan fingerprint density at radius 3 is 2.50 bits per heavy atom. The van der Waals surface area contributed by atoms with Crippen molar-refractivity contribution in [2.45, 2.75) is 38.1 Å². The molecule has 1 aliphatic heterocycles. The van der Waals surface area contributed by atoms with Crippen LogP contribution in [-0.2, 0) is 10.9 Å². The highest BCUT2D eigenvalue weighted by Gasteiger charge is 2.38. The molecule has 3 rings (SSSR count). The Bertz CT molecular complexity index is 852. The van der Waals surface area contributed by atoms with Gasteiger partial charge in [0.05, 0.1) is 24.8 Å². The van der Waals surface area contributed by atoms with Crippen LogP contribution in [0.3, 0.4) is 0 Å². The zero-order valence-electron chi connectivity index (χ0n) is 16.6. The number of halogens is 4. The summed E-state index contributed by atoms with van der Waals surface area (Å²) in [6.07, 6.45) is -3.91. The summed E-state index contributed by atoms with van der Waals surface area (Å²) in [5.74, 6) is 0. The van der Waals surface area contributed by atoms with E-state index in [0.29, 0.717) is 30.2 Å². The average Bonchev–Trinajstić information content (AvgIpc) is 2.67. The van der Waals surface area contributed by atoms with Gasteiger partial charge in [-0.15, -0.1) is 0 Å². The number of carbonyl (C=O) groups is 1. The summed E-state index contributed by atoms with van der Waals surface area (Å²) in [5, 5.41) is 3.31. The van der Waals surface area contributed by atoms with E-state index in [-0.39, 0.29) is 17.7 Å². The van der Waals surface area contributed by atoms with Crippen molar-refractivity contribution in [1.29, 1.82) is 0 Å². The predicted octanol–water partition coefficient (Wildman–Crippen LogP) is 5.66. The first kappa shape index (κ1) is 22.4. The molecule has 0 aliphatic carbocycles. The second-order valence-corrected chi connectivity index (χ2v) is 7.70. The van der Waals surface area contributed by atoms with Crippen LogP contribution in [0.2, 0.25) is 5.02 Å². The van der Waals surface area contributed by atoms with Crippen LogP contribution >= 0.6 is 11.6 Å². The molecule has 30 heavy (non-hydrogen) atoms. The van der Waals surface area contributed by atoms with Crippen molar-refractivity contribution in [2.24, 2.45) is 0 Å². The van der Waals surface area contributed by atoms with Crippen LogP contribution in [0.4, 0.5) is 18.0 Å². The molecule has 1 N–H and O–H groups in total. The highest BCUT2D eigenvalue weighted by molar-refractivity contribution is 6.30. The number of alkyl halides is 3. The summed E-state index contributed by atoms with van der Waals surface area (Å²) in [5.41, 5.74) is -0.126. The smallest absolute Gasteiger partial charge is 0.362 e. The highest BCUT2D eigenvalue weighted by atomic mass is 35.5. The van der Waals surface area contributed by atoms with E-state index < -0.39 is 17.8 Å². The van der Waals surface area contributed by atoms with E-state index in [0.717, 1.165) is 18.9 Å².